The van der Waals surface area contributed by atoms with Crippen LogP contribution in [0.3, 0.4) is 0 Å². The Kier molecular flexibility index (Phi) is 6.10. The molecule has 2 N–H and O–H groups in total. The highest BCUT2D eigenvalue weighted by Crippen LogP contribution is 2.22. The molecule has 1 fully saturated rings. The lowest BCUT2D eigenvalue weighted by molar-refractivity contribution is -0.128. The molecule has 0 bridgehead atoms. The summed E-state index contributed by atoms with van der Waals surface area (Å²) in [5.41, 5.74) is 0.637. The highest BCUT2D eigenvalue weighted by atomic mass is 19.1. The molecule has 5 nitrogen and oxygen atoms in total. The molecule has 1 unspecified atom stereocenters. The standard InChI is InChI=1S/C15H21FN2O3/c16-13-4-1-3-12(11-13)14(15(20)17-5-2-8-19)18-6-9-21-10-7-18/h1,3-4,11,14,19H,2,5-10H2,(H,17,20). The number of nitrogens with one attached hydrogen (secondary N) is 1. The van der Waals surface area contributed by atoms with Crippen molar-refractivity contribution < 1.29 is 19.0 Å². The zero-order valence-electron chi connectivity index (χ0n) is 11.9. The largest absolute Gasteiger partial charge is 0.396 e. The van der Waals surface area contributed by atoms with Gasteiger partial charge in [-0.25, -0.2) is 4.39 Å². The van der Waals surface area contributed by atoms with Gasteiger partial charge in [0.2, 0.25) is 5.91 Å². The second kappa shape index (κ2) is 8.07. The maximum atomic E-state index is 13.5. The van der Waals surface area contributed by atoms with E-state index in [2.05, 4.69) is 5.32 Å². The van der Waals surface area contributed by atoms with E-state index in [4.69, 9.17) is 9.84 Å². The Morgan fingerprint density at radius 2 is 2.19 bits per heavy atom. The van der Waals surface area contributed by atoms with Crippen LogP contribution in [-0.2, 0) is 9.53 Å². The molecular formula is C15H21FN2O3. The molecule has 6 heteroatoms. The second-order valence-electron chi connectivity index (χ2n) is 4.97. The predicted molar refractivity (Wildman–Crippen MR) is 76.2 cm³/mol. The molecule has 1 atom stereocenters. The van der Waals surface area contributed by atoms with Gasteiger partial charge < -0.3 is 15.2 Å². The Balaban J connectivity index is 2.15. The van der Waals surface area contributed by atoms with Gasteiger partial charge in [0.05, 0.1) is 13.2 Å². The Morgan fingerprint density at radius 1 is 1.43 bits per heavy atom. The van der Waals surface area contributed by atoms with E-state index in [0.717, 1.165) is 0 Å². The summed E-state index contributed by atoms with van der Waals surface area (Å²) < 4.78 is 18.8. The van der Waals surface area contributed by atoms with Crippen LogP contribution < -0.4 is 5.32 Å². The molecule has 0 aromatic heterocycles. The predicted octanol–water partition coefficient (Wildman–Crippen LogP) is 0.698. The average molecular weight is 296 g/mol. The highest BCUT2D eigenvalue weighted by Gasteiger charge is 2.29. The number of morpholine rings is 1. The van der Waals surface area contributed by atoms with Gasteiger partial charge >= 0.3 is 0 Å². The van der Waals surface area contributed by atoms with Crippen molar-refractivity contribution in [2.45, 2.75) is 12.5 Å². The number of aliphatic hydroxyl groups excluding tert-OH is 1. The molecule has 0 saturated carbocycles. The molecule has 1 aromatic rings. The van der Waals surface area contributed by atoms with Gasteiger partial charge in [-0.1, -0.05) is 12.1 Å². The monoisotopic (exact) mass is 296 g/mol. The third kappa shape index (κ3) is 4.49. The summed E-state index contributed by atoms with van der Waals surface area (Å²) in [5.74, 6) is -0.523. The topological polar surface area (TPSA) is 61.8 Å². The van der Waals surface area contributed by atoms with Crippen molar-refractivity contribution in [1.29, 1.82) is 0 Å². The van der Waals surface area contributed by atoms with E-state index < -0.39 is 6.04 Å². The minimum absolute atomic E-state index is 0.0302. The van der Waals surface area contributed by atoms with Crippen molar-refractivity contribution >= 4 is 5.91 Å². The first-order valence-corrected chi connectivity index (χ1v) is 7.18. The quantitative estimate of drug-likeness (QED) is 0.759. The van der Waals surface area contributed by atoms with Crippen LogP contribution in [0.15, 0.2) is 24.3 Å². The number of hydrogen-bond acceptors (Lipinski definition) is 4. The van der Waals surface area contributed by atoms with Gasteiger partial charge in [-0.2, -0.15) is 0 Å². The van der Waals surface area contributed by atoms with Crippen LogP contribution >= 0.6 is 0 Å². The number of carbonyl (C=O) groups excluding carboxylic acids is 1. The summed E-state index contributed by atoms with van der Waals surface area (Å²) in [6.45, 7) is 2.84. The van der Waals surface area contributed by atoms with Gasteiger partial charge in [0.25, 0.3) is 0 Å². The first-order chi connectivity index (χ1) is 10.2. The Hall–Kier alpha value is -1.50. The zero-order valence-corrected chi connectivity index (χ0v) is 11.9. The van der Waals surface area contributed by atoms with Crippen molar-refractivity contribution in [2.75, 3.05) is 39.5 Å². The lowest BCUT2D eigenvalue weighted by Gasteiger charge is -2.33. The lowest BCUT2D eigenvalue weighted by atomic mass is 10.0. The Morgan fingerprint density at radius 3 is 2.86 bits per heavy atom. The minimum atomic E-state index is -0.525. The number of amides is 1. The molecular weight excluding hydrogens is 275 g/mol. The average Bonchev–Trinajstić information content (AvgIpc) is 2.49. The number of nitrogens with zero attached hydrogens (tertiary/aromatic N) is 1. The van der Waals surface area contributed by atoms with E-state index in [9.17, 15) is 9.18 Å². The van der Waals surface area contributed by atoms with Gasteiger partial charge in [0, 0.05) is 26.2 Å². The number of aliphatic hydroxyl groups is 1. The normalized spacial score (nSPS) is 17.4. The Bertz CT molecular complexity index is 464. The van der Waals surface area contributed by atoms with E-state index >= 15 is 0 Å². The molecule has 116 valence electrons. The summed E-state index contributed by atoms with van der Waals surface area (Å²) in [5, 5.41) is 11.6. The summed E-state index contributed by atoms with van der Waals surface area (Å²) in [7, 11) is 0. The fourth-order valence-electron chi connectivity index (χ4n) is 2.43. The molecule has 1 aliphatic heterocycles. The van der Waals surface area contributed by atoms with E-state index in [1.54, 1.807) is 12.1 Å². The van der Waals surface area contributed by atoms with Gasteiger partial charge in [-0.05, 0) is 24.1 Å². The summed E-state index contributed by atoms with van der Waals surface area (Å²) in [6, 6.07) is 5.60. The van der Waals surface area contributed by atoms with Gasteiger partial charge in [0.1, 0.15) is 11.9 Å². The van der Waals surface area contributed by atoms with Crippen LogP contribution in [0, 0.1) is 5.82 Å². The molecule has 1 amide bonds. The number of ether oxygens (including phenoxy) is 1. The second-order valence-corrected chi connectivity index (χ2v) is 4.97. The van der Waals surface area contributed by atoms with Gasteiger partial charge in [-0.3, -0.25) is 9.69 Å². The molecule has 0 spiro atoms. The fraction of sp³-hybridized carbons (Fsp3) is 0.533. The van der Waals surface area contributed by atoms with Crippen molar-refractivity contribution in [3.05, 3.63) is 35.6 Å². The molecule has 0 aliphatic carbocycles. The zero-order chi connectivity index (χ0) is 15.1. The maximum absolute atomic E-state index is 13.5. The SMILES string of the molecule is O=C(NCCCO)C(c1cccc(F)c1)N1CCOCC1. The molecule has 1 aromatic carbocycles. The number of hydrogen-bond donors (Lipinski definition) is 2. The van der Waals surface area contributed by atoms with Crippen LogP contribution in [-0.4, -0.2) is 55.4 Å². The molecule has 1 heterocycles. The highest BCUT2D eigenvalue weighted by molar-refractivity contribution is 5.83. The lowest BCUT2D eigenvalue weighted by Crippen LogP contribution is -2.46. The van der Waals surface area contributed by atoms with Crippen LogP contribution in [0.4, 0.5) is 4.39 Å². The molecule has 21 heavy (non-hydrogen) atoms. The fourth-order valence-corrected chi connectivity index (χ4v) is 2.43. The number of rotatable bonds is 6. The van der Waals surface area contributed by atoms with Gasteiger partial charge in [0.15, 0.2) is 0 Å². The van der Waals surface area contributed by atoms with Crippen LogP contribution in [0.1, 0.15) is 18.0 Å². The minimum Gasteiger partial charge on any atom is -0.396 e. The number of halogens is 1. The molecule has 1 aliphatic rings. The molecule has 2 rings (SSSR count). The molecule has 0 radical (unpaired) electrons. The van der Waals surface area contributed by atoms with Crippen LogP contribution in [0.25, 0.3) is 0 Å². The van der Waals surface area contributed by atoms with Crippen molar-refractivity contribution in [1.82, 2.24) is 10.2 Å². The number of benzene rings is 1. The van der Waals surface area contributed by atoms with Crippen LogP contribution in [0.2, 0.25) is 0 Å². The summed E-state index contributed by atoms with van der Waals surface area (Å²) in [6.07, 6.45) is 0.505. The van der Waals surface area contributed by atoms with Crippen molar-refractivity contribution in [3.8, 4) is 0 Å². The third-order valence-corrected chi connectivity index (χ3v) is 3.46. The first kappa shape index (κ1) is 15.9. The van der Waals surface area contributed by atoms with Crippen molar-refractivity contribution in [2.24, 2.45) is 0 Å². The van der Waals surface area contributed by atoms with E-state index in [1.807, 2.05) is 4.90 Å². The van der Waals surface area contributed by atoms with E-state index in [-0.39, 0.29) is 18.3 Å². The third-order valence-electron chi connectivity index (χ3n) is 3.46. The van der Waals surface area contributed by atoms with Gasteiger partial charge in [-0.15, -0.1) is 0 Å². The molecule has 1 saturated heterocycles. The number of carbonyl (C=O) groups is 1. The summed E-state index contributed by atoms with van der Waals surface area (Å²) >= 11 is 0. The van der Waals surface area contributed by atoms with Crippen LogP contribution in [0.5, 0.6) is 0 Å². The summed E-state index contributed by atoms with van der Waals surface area (Å²) in [4.78, 5) is 14.4. The first-order valence-electron chi connectivity index (χ1n) is 7.18. The van der Waals surface area contributed by atoms with E-state index in [1.165, 1.54) is 12.1 Å². The van der Waals surface area contributed by atoms with Crippen molar-refractivity contribution in [3.63, 3.8) is 0 Å². The maximum Gasteiger partial charge on any atom is 0.241 e. The van der Waals surface area contributed by atoms with E-state index in [0.29, 0.717) is 44.8 Å². The Labute approximate surface area is 123 Å². The smallest absolute Gasteiger partial charge is 0.241 e.